The number of nitrogens with one attached hydrogen (secondary N) is 1. The number of amides is 1. The number of allylic oxidation sites excluding steroid dienone is 2. The van der Waals surface area contributed by atoms with E-state index in [0.717, 1.165) is 64.2 Å². The molecular weight excluding hydrogens is 1020 g/mol. The Kier molecular flexibility index (Phi) is 40.1. The van der Waals surface area contributed by atoms with Crippen molar-refractivity contribution in [3.8, 4) is 0 Å². The minimum Gasteiger partial charge on any atom is -0.394 e. The van der Waals surface area contributed by atoms with Gasteiger partial charge in [0.15, 0.2) is 18.9 Å². The largest absolute Gasteiger partial charge is 0.394 e. The van der Waals surface area contributed by atoms with Crippen LogP contribution in [0.1, 0.15) is 232 Å². The maximum absolute atomic E-state index is 13.3. The molecule has 17 unspecified atom stereocenters. The zero-order chi connectivity index (χ0) is 57.6. The quantitative estimate of drug-likeness (QED) is 0.0240. The molecule has 3 rings (SSSR count). The molecule has 0 spiro atoms. The van der Waals surface area contributed by atoms with Crippen LogP contribution in [-0.4, -0.2) is 193 Å². The summed E-state index contributed by atoms with van der Waals surface area (Å²) in [4.78, 5) is 13.3. The van der Waals surface area contributed by atoms with Crippen LogP contribution >= 0.6 is 0 Å². The van der Waals surface area contributed by atoms with E-state index in [1.165, 1.54) is 135 Å². The fourth-order valence-corrected chi connectivity index (χ4v) is 10.9. The first-order valence-electron chi connectivity index (χ1n) is 31.4. The second-order valence-electron chi connectivity index (χ2n) is 22.9. The molecule has 0 bridgehead atoms. The summed E-state index contributed by atoms with van der Waals surface area (Å²) < 4.78 is 34.3. The number of rotatable bonds is 47. The van der Waals surface area contributed by atoms with Crippen molar-refractivity contribution >= 4 is 5.91 Å². The molecule has 0 aliphatic carbocycles. The van der Waals surface area contributed by atoms with E-state index in [4.69, 9.17) is 28.4 Å². The summed E-state index contributed by atoms with van der Waals surface area (Å²) in [5, 5.41) is 120. The lowest BCUT2D eigenvalue weighted by molar-refractivity contribution is -0.379. The van der Waals surface area contributed by atoms with E-state index in [-0.39, 0.29) is 18.9 Å². The molecule has 466 valence electrons. The highest BCUT2D eigenvalue weighted by atomic mass is 16.8. The summed E-state index contributed by atoms with van der Waals surface area (Å²) in [6.07, 6.45) is 17.2. The highest BCUT2D eigenvalue weighted by Gasteiger charge is 2.53. The summed E-state index contributed by atoms with van der Waals surface area (Å²) in [7, 11) is 0. The van der Waals surface area contributed by atoms with Crippen LogP contribution in [0.15, 0.2) is 12.2 Å². The predicted octanol–water partition coefficient (Wildman–Crippen LogP) is 6.16. The van der Waals surface area contributed by atoms with E-state index in [9.17, 15) is 61.0 Å². The molecule has 0 aromatic rings. The molecule has 0 saturated carbocycles. The summed E-state index contributed by atoms with van der Waals surface area (Å²) in [5.41, 5.74) is 0. The highest BCUT2D eigenvalue weighted by molar-refractivity contribution is 5.76. The fraction of sp³-hybridized carbons (Fsp3) is 0.950. The standard InChI is InChI=1S/C60H113NO18/c1-3-5-7-9-11-13-15-17-18-19-20-21-22-23-24-26-27-29-31-33-35-37-44(65)43(61-48(66)38-36-34-32-30-28-25-16-14-12-10-8-6-4-2)42-74-58-54(72)51(69)56(46(40-63)76-58)79-60-55(73)52(70)57(47(41-64)77-60)78-59-53(71)50(68)49(67)45(39-62)75-59/h14,16,43-47,49-60,62-65,67-73H,3-13,15,17-42H2,1-2H3,(H,61,66)/b16-14-. The first kappa shape index (κ1) is 71.8. The lowest BCUT2D eigenvalue weighted by Gasteiger charge is -2.48. The minimum absolute atomic E-state index is 0.250. The lowest BCUT2D eigenvalue weighted by Crippen LogP contribution is -2.66. The first-order chi connectivity index (χ1) is 38.3. The molecule has 0 radical (unpaired) electrons. The number of hydrogen-bond donors (Lipinski definition) is 12. The van der Waals surface area contributed by atoms with Gasteiger partial charge in [-0.15, -0.1) is 0 Å². The third-order valence-corrected chi connectivity index (χ3v) is 16.1. The smallest absolute Gasteiger partial charge is 0.220 e. The third kappa shape index (κ3) is 27.9. The number of hydrogen-bond acceptors (Lipinski definition) is 18. The Morgan fingerprint density at radius 3 is 1.24 bits per heavy atom. The number of aliphatic hydroxyl groups is 11. The topological polar surface area (TPSA) is 307 Å². The zero-order valence-electron chi connectivity index (χ0n) is 48.6. The van der Waals surface area contributed by atoms with Crippen LogP contribution in [0, 0.1) is 0 Å². The first-order valence-corrected chi connectivity index (χ1v) is 31.4. The maximum atomic E-state index is 13.3. The Morgan fingerprint density at radius 1 is 0.443 bits per heavy atom. The van der Waals surface area contributed by atoms with Gasteiger partial charge in [-0.2, -0.15) is 0 Å². The van der Waals surface area contributed by atoms with Gasteiger partial charge in [-0.25, -0.2) is 0 Å². The second kappa shape index (κ2) is 44.1. The minimum atomic E-state index is -1.97. The van der Waals surface area contributed by atoms with Crippen LogP contribution in [0.2, 0.25) is 0 Å². The maximum Gasteiger partial charge on any atom is 0.220 e. The number of unbranched alkanes of at least 4 members (excludes halogenated alkanes) is 29. The highest BCUT2D eigenvalue weighted by Crippen LogP contribution is 2.33. The second-order valence-corrected chi connectivity index (χ2v) is 22.9. The van der Waals surface area contributed by atoms with Gasteiger partial charge >= 0.3 is 0 Å². The molecule has 12 N–H and O–H groups in total. The molecule has 3 aliphatic rings. The van der Waals surface area contributed by atoms with Gasteiger partial charge in [0.1, 0.15) is 73.2 Å². The van der Waals surface area contributed by atoms with Crippen LogP contribution in [0.5, 0.6) is 0 Å². The third-order valence-electron chi connectivity index (χ3n) is 16.1. The van der Waals surface area contributed by atoms with Gasteiger partial charge < -0.3 is 89.9 Å². The van der Waals surface area contributed by atoms with Gasteiger partial charge in [0.25, 0.3) is 0 Å². The normalized spacial score (nSPS) is 30.3. The van der Waals surface area contributed by atoms with Gasteiger partial charge in [-0.05, 0) is 38.5 Å². The van der Waals surface area contributed by atoms with Gasteiger partial charge in [0.05, 0.1) is 38.6 Å². The van der Waals surface area contributed by atoms with E-state index in [1.54, 1.807) is 0 Å². The molecule has 3 heterocycles. The molecule has 3 aliphatic heterocycles. The fourth-order valence-electron chi connectivity index (χ4n) is 10.9. The van der Waals surface area contributed by atoms with Gasteiger partial charge in [0.2, 0.25) is 5.91 Å². The molecule has 19 nitrogen and oxygen atoms in total. The molecule has 3 saturated heterocycles. The van der Waals surface area contributed by atoms with E-state index in [2.05, 4.69) is 31.3 Å². The van der Waals surface area contributed by atoms with Crippen molar-refractivity contribution in [1.29, 1.82) is 0 Å². The summed E-state index contributed by atoms with van der Waals surface area (Å²) >= 11 is 0. The van der Waals surface area contributed by atoms with E-state index >= 15 is 0 Å². The van der Waals surface area contributed by atoms with Crippen molar-refractivity contribution in [2.75, 3.05) is 26.4 Å². The number of ether oxygens (including phenoxy) is 6. The van der Waals surface area contributed by atoms with Gasteiger partial charge in [0, 0.05) is 6.42 Å². The number of carbonyl (C=O) groups is 1. The van der Waals surface area contributed by atoms with E-state index < -0.39 is 124 Å². The van der Waals surface area contributed by atoms with Gasteiger partial charge in [-0.1, -0.05) is 199 Å². The number of carbonyl (C=O) groups excluding carboxylic acids is 1. The van der Waals surface area contributed by atoms with Crippen molar-refractivity contribution in [1.82, 2.24) is 5.32 Å². The Morgan fingerprint density at radius 2 is 0.797 bits per heavy atom. The Labute approximate surface area is 474 Å². The molecular formula is C60H113NO18. The van der Waals surface area contributed by atoms with Crippen LogP contribution in [0.4, 0.5) is 0 Å². The van der Waals surface area contributed by atoms with Gasteiger partial charge in [-0.3, -0.25) is 4.79 Å². The van der Waals surface area contributed by atoms with Crippen molar-refractivity contribution in [2.24, 2.45) is 0 Å². The Bertz CT molecular complexity index is 1500. The monoisotopic (exact) mass is 1140 g/mol. The molecule has 79 heavy (non-hydrogen) atoms. The molecule has 17 atom stereocenters. The predicted molar refractivity (Wildman–Crippen MR) is 300 cm³/mol. The van der Waals surface area contributed by atoms with E-state index in [1.807, 2.05) is 0 Å². The van der Waals surface area contributed by atoms with E-state index in [0.29, 0.717) is 12.8 Å². The molecule has 1 amide bonds. The van der Waals surface area contributed by atoms with Crippen molar-refractivity contribution in [2.45, 2.75) is 336 Å². The molecule has 19 heteroatoms. The SMILES string of the molecule is CCCCCC/C=C\CCCCCCCC(=O)NC(COC1OC(CO)C(OC2OC(CO)C(OC3OC(CO)C(O)C(O)C3O)C(O)C2O)C(O)C1O)C(O)CCCCCCCCCCCCCCCCCCCCCCC. The van der Waals surface area contributed by atoms with Crippen LogP contribution in [0.25, 0.3) is 0 Å². The number of aliphatic hydroxyl groups excluding tert-OH is 11. The summed E-state index contributed by atoms with van der Waals surface area (Å²) in [6.45, 7) is 1.78. The van der Waals surface area contributed by atoms with Crippen molar-refractivity contribution in [3.63, 3.8) is 0 Å². The Hall–Kier alpha value is -1.47. The molecule has 0 aromatic carbocycles. The van der Waals surface area contributed by atoms with Crippen molar-refractivity contribution in [3.05, 3.63) is 12.2 Å². The molecule has 0 aromatic heterocycles. The van der Waals surface area contributed by atoms with Crippen LogP contribution in [0.3, 0.4) is 0 Å². The average molecular weight is 1140 g/mol. The molecule has 3 fully saturated rings. The van der Waals surface area contributed by atoms with Crippen LogP contribution < -0.4 is 5.32 Å². The lowest BCUT2D eigenvalue weighted by atomic mass is 9.96. The summed E-state index contributed by atoms with van der Waals surface area (Å²) in [6, 6.07) is -0.887. The van der Waals surface area contributed by atoms with Crippen LogP contribution in [-0.2, 0) is 33.2 Å². The Balaban J connectivity index is 1.47. The van der Waals surface area contributed by atoms with Crippen molar-refractivity contribution < 1.29 is 89.4 Å². The summed E-state index contributed by atoms with van der Waals surface area (Å²) in [5.74, 6) is -0.250. The average Bonchev–Trinajstić information content (AvgIpc) is 3.55. The zero-order valence-corrected chi connectivity index (χ0v) is 48.6.